The average molecular weight is 262 g/mol. The van der Waals surface area contributed by atoms with Gasteiger partial charge in [-0.2, -0.15) is 0 Å². The lowest BCUT2D eigenvalue weighted by Crippen LogP contribution is -2.17. The fraction of sp³-hybridized carbons (Fsp3) is 0.0769. The number of anilines is 1. The highest BCUT2D eigenvalue weighted by atomic mass is 19.1. The quantitative estimate of drug-likeness (QED) is 0.885. The SMILES string of the molecule is COc1cc(NC(=O)c2cccc(=O)[nH]2)ccc1F. The molecule has 0 atom stereocenters. The summed E-state index contributed by atoms with van der Waals surface area (Å²) in [5.41, 5.74) is 0.119. The second kappa shape index (κ2) is 5.34. The maximum Gasteiger partial charge on any atom is 0.272 e. The van der Waals surface area contributed by atoms with Crippen molar-refractivity contribution in [1.82, 2.24) is 4.98 Å². The summed E-state index contributed by atoms with van der Waals surface area (Å²) in [7, 11) is 1.33. The number of halogens is 1. The lowest BCUT2D eigenvalue weighted by atomic mass is 10.2. The number of carbonyl (C=O) groups excluding carboxylic acids is 1. The molecule has 1 amide bonds. The van der Waals surface area contributed by atoms with Crippen LogP contribution in [0.2, 0.25) is 0 Å². The third kappa shape index (κ3) is 2.98. The molecule has 2 rings (SSSR count). The molecule has 1 aromatic carbocycles. The maximum atomic E-state index is 13.2. The molecule has 0 saturated heterocycles. The van der Waals surface area contributed by atoms with Gasteiger partial charge in [-0.1, -0.05) is 6.07 Å². The summed E-state index contributed by atoms with van der Waals surface area (Å²) in [6.07, 6.45) is 0. The number of amides is 1. The first-order valence-electron chi connectivity index (χ1n) is 5.44. The molecule has 6 heteroatoms. The normalized spacial score (nSPS) is 10.0. The van der Waals surface area contributed by atoms with Crippen LogP contribution in [-0.4, -0.2) is 18.0 Å². The second-order valence-corrected chi connectivity index (χ2v) is 3.73. The highest BCUT2D eigenvalue weighted by molar-refractivity contribution is 6.02. The Morgan fingerprint density at radius 2 is 2.11 bits per heavy atom. The van der Waals surface area contributed by atoms with E-state index in [0.29, 0.717) is 5.69 Å². The molecule has 0 unspecified atom stereocenters. The van der Waals surface area contributed by atoms with E-state index in [1.807, 2.05) is 0 Å². The summed E-state index contributed by atoms with van der Waals surface area (Å²) >= 11 is 0. The van der Waals surface area contributed by atoms with Crippen molar-refractivity contribution in [3.63, 3.8) is 0 Å². The lowest BCUT2D eigenvalue weighted by Gasteiger charge is -2.07. The fourth-order valence-electron chi connectivity index (χ4n) is 1.52. The Hall–Kier alpha value is -2.63. The first-order chi connectivity index (χ1) is 9.10. The van der Waals surface area contributed by atoms with Gasteiger partial charge in [0.15, 0.2) is 11.6 Å². The Morgan fingerprint density at radius 1 is 1.32 bits per heavy atom. The van der Waals surface area contributed by atoms with E-state index < -0.39 is 11.7 Å². The van der Waals surface area contributed by atoms with Gasteiger partial charge in [-0.05, 0) is 18.2 Å². The summed E-state index contributed by atoms with van der Waals surface area (Å²) in [4.78, 5) is 25.3. The Labute approximate surface area is 108 Å². The van der Waals surface area contributed by atoms with E-state index in [-0.39, 0.29) is 17.0 Å². The topological polar surface area (TPSA) is 71.2 Å². The summed E-state index contributed by atoms with van der Waals surface area (Å²) in [6, 6.07) is 8.18. The number of methoxy groups -OCH3 is 1. The molecule has 0 aliphatic carbocycles. The van der Waals surface area contributed by atoms with E-state index >= 15 is 0 Å². The molecule has 0 aliphatic rings. The molecule has 2 aromatic rings. The number of aromatic nitrogens is 1. The van der Waals surface area contributed by atoms with Crippen molar-refractivity contribution in [2.75, 3.05) is 12.4 Å². The van der Waals surface area contributed by atoms with Crippen molar-refractivity contribution in [3.8, 4) is 5.75 Å². The molecule has 19 heavy (non-hydrogen) atoms. The van der Waals surface area contributed by atoms with E-state index in [0.717, 1.165) is 0 Å². The van der Waals surface area contributed by atoms with Crippen LogP contribution >= 0.6 is 0 Å². The van der Waals surface area contributed by atoms with Crippen molar-refractivity contribution in [2.24, 2.45) is 0 Å². The summed E-state index contributed by atoms with van der Waals surface area (Å²) in [6.45, 7) is 0. The highest BCUT2D eigenvalue weighted by Gasteiger charge is 2.09. The first kappa shape index (κ1) is 12.8. The molecule has 0 radical (unpaired) electrons. The minimum atomic E-state index is -0.520. The number of hydrogen-bond acceptors (Lipinski definition) is 3. The minimum Gasteiger partial charge on any atom is -0.494 e. The van der Waals surface area contributed by atoms with Gasteiger partial charge in [0.25, 0.3) is 5.91 Å². The predicted molar refractivity (Wildman–Crippen MR) is 68.0 cm³/mol. The molecule has 5 nitrogen and oxygen atoms in total. The van der Waals surface area contributed by atoms with Gasteiger partial charge in [0.1, 0.15) is 5.69 Å². The number of aromatic amines is 1. The van der Waals surface area contributed by atoms with Crippen LogP contribution < -0.4 is 15.6 Å². The van der Waals surface area contributed by atoms with Crippen molar-refractivity contribution >= 4 is 11.6 Å². The molecule has 1 heterocycles. The molecule has 0 saturated carbocycles. The number of nitrogens with one attached hydrogen (secondary N) is 2. The zero-order valence-electron chi connectivity index (χ0n) is 10.1. The number of carbonyl (C=O) groups is 1. The van der Waals surface area contributed by atoms with Gasteiger partial charge in [-0.25, -0.2) is 4.39 Å². The molecule has 0 aliphatic heterocycles. The number of ether oxygens (including phenoxy) is 1. The Balaban J connectivity index is 2.21. The monoisotopic (exact) mass is 262 g/mol. The van der Waals surface area contributed by atoms with Crippen LogP contribution in [-0.2, 0) is 0 Å². The number of pyridine rings is 1. The van der Waals surface area contributed by atoms with Gasteiger partial charge < -0.3 is 15.0 Å². The smallest absolute Gasteiger partial charge is 0.272 e. The summed E-state index contributed by atoms with van der Waals surface area (Å²) in [5.74, 6) is -0.987. The standard InChI is InChI=1S/C13H11FN2O3/c1-19-11-7-8(5-6-9(11)14)15-13(18)10-3-2-4-12(17)16-10/h2-7H,1H3,(H,15,18)(H,16,17). The number of hydrogen-bond donors (Lipinski definition) is 2. The number of rotatable bonds is 3. The van der Waals surface area contributed by atoms with Crippen LogP contribution in [0.4, 0.5) is 10.1 Å². The average Bonchev–Trinajstić information content (AvgIpc) is 2.41. The highest BCUT2D eigenvalue weighted by Crippen LogP contribution is 2.21. The number of H-pyrrole nitrogens is 1. The van der Waals surface area contributed by atoms with Gasteiger partial charge >= 0.3 is 0 Å². The number of benzene rings is 1. The van der Waals surface area contributed by atoms with E-state index in [9.17, 15) is 14.0 Å². The van der Waals surface area contributed by atoms with E-state index in [1.165, 1.54) is 43.5 Å². The zero-order valence-corrected chi connectivity index (χ0v) is 10.1. The Bertz CT molecular complexity index is 667. The lowest BCUT2D eigenvalue weighted by molar-refractivity contribution is 0.102. The van der Waals surface area contributed by atoms with Crippen LogP contribution in [0.25, 0.3) is 0 Å². The van der Waals surface area contributed by atoms with Crippen LogP contribution in [0.1, 0.15) is 10.5 Å². The molecule has 0 fully saturated rings. The molecular weight excluding hydrogens is 251 g/mol. The summed E-state index contributed by atoms with van der Waals surface area (Å²) < 4.78 is 18.0. The first-order valence-corrected chi connectivity index (χ1v) is 5.44. The van der Waals surface area contributed by atoms with Gasteiger partial charge in [0, 0.05) is 17.8 Å². The molecule has 98 valence electrons. The molecule has 2 N–H and O–H groups in total. The van der Waals surface area contributed by atoms with Crippen LogP contribution in [0.3, 0.4) is 0 Å². The minimum absolute atomic E-state index is 0.0272. The Kier molecular flexibility index (Phi) is 3.61. The van der Waals surface area contributed by atoms with E-state index in [1.54, 1.807) is 0 Å². The third-order valence-corrected chi connectivity index (χ3v) is 2.42. The molecule has 0 spiro atoms. The largest absolute Gasteiger partial charge is 0.494 e. The Morgan fingerprint density at radius 3 is 2.79 bits per heavy atom. The van der Waals surface area contributed by atoms with Crippen molar-refractivity contribution in [2.45, 2.75) is 0 Å². The van der Waals surface area contributed by atoms with Gasteiger partial charge in [0.2, 0.25) is 5.56 Å². The third-order valence-electron chi connectivity index (χ3n) is 2.42. The fourth-order valence-corrected chi connectivity index (χ4v) is 1.52. The van der Waals surface area contributed by atoms with Crippen molar-refractivity contribution in [1.29, 1.82) is 0 Å². The molecule has 1 aromatic heterocycles. The second-order valence-electron chi connectivity index (χ2n) is 3.73. The van der Waals surface area contributed by atoms with E-state index in [4.69, 9.17) is 4.74 Å². The molecular formula is C13H11FN2O3. The predicted octanol–water partition coefficient (Wildman–Crippen LogP) is 1.77. The van der Waals surface area contributed by atoms with Crippen LogP contribution in [0.5, 0.6) is 5.75 Å². The van der Waals surface area contributed by atoms with Crippen LogP contribution in [0, 0.1) is 5.82 Å². The van der Waals surface area contributed by atoms with Crippen molar-refractivity contribution in [3.05, 3.63) is 58.3 Å². The maximum absolute atomic E-state index is 13.2. The van der Waals surface area contributed by atoms with Gasteiger partial charge in [-0.15, -0.1) is 0 Å². The van der Waals surface area contributed by atoms with Crippen molar-refractivity contribution < 1.29 is 13.9 Å². The summed E-state index contributed by atoms with van der Waals surface area (Å²) in [5, 5.41) is 2.53. The van der Waals surface area contributed by atoms with E-state index in [2.05, 4.69) is 10.3 Å². The molecule has 0 bridgehead atoms. The van der Waals surface area contributed by atoms with Gasteiger partial charge in [0.05, 0.1) is 7.11 Å². The van der Waals surface area contributed by atoms with Crippen LogP contribution in [0.15, 0.2) is 41.2 Å². The van der Waals surface area contributed by atoms with Gasteiger partial charge in [-0.3, -0.25) is 9.59 Å². The zero-order chi connectivity index (χ0) is 13.8.